The molecule has 0 aliphatic rings. The van der Waals surface area contributed by atoms with Crippen molar-refractivity contribution in [1.29, 1.82) is 0 Å². The van der Waals surface area contributed by atoms with Crippen molar-refractivity contribution in [3.05, 3.63) is 82.0 Å². The molecule has 1 aromatic heterocycles. The molecule has 3 rings (SSSR count). The molecular formula is C18H14N4O4. The minimum Gasteiger partial charge on any atom is -0.355 e. The van der Waals surface area contributed by atoms with Crippen LogP contribution in [0.15, 0.2) is 70.3 Å². The van der Waals surface area contributed by atoms with Gasteiger partial charge in [0.2, 0.25) is 0 Å². The molecule has 2 aromatic carbocycles. The van der Waals surface area contributed by atoms with Crippen molar-refractivity contribution in [2.45, 2.75) is 6.92 Å². The Labute approximate surface area is 148 Å². The summed E-state index contributed by atoms with van der Waals surface area (Å²) < 4.78 is 5.17. The topological polar surface area (TPSA) is 111 Å². The van der Waals surface area contributed by atoms with Crippen LogP contribution in [-0.4, -0.2) is 21.7 Å². The lowest BCUT2D eigenvalue weighted by molar-refractivity contribution is -0.384. The van der Waals surface area contributed by atoms with Crippen LogP contribution >= 0.6 is 0 Å². The van der Waals surface area contributed by atoms with Crippen molar-refractivity contribution >= 4 is 17.3 Å². The van der Waals surface area contributed by atoms with Gasteiger partial charge in [-0.3, -0.25) is 14.9 Å². The highest BCUT2D eigenvalue weighted by molar-refractivity contribution is 6.01. The van der Waals surface area contributed by atoms with Gasteiger partial charge in [-0.05, 0) is 6.92 Å². The molecule has 0 aliphatic carbocycles. The summed E-state index contributed by atoms with van der Waals surface area (Å²) in [5.74, 6) is -0.0733. The van der Waals surface area contributed by atoms with Crippen LogP contribution in [-0.2, 0) is 0 Å². The molecule has 0 radical (unpaired) electrons. The van der Waals surface area contributed by atoms with Crippen LogP contribution in [0.2, 0.25) is 0 Å². The second-order valence-electron chi connectivity index (χ2n) is 5.39. The number of non-ortho nitro benzene ring substituents is 1. The van der Waals surface area contributed by atoms with Crippen LogP contribution in [0.4, 0.5) is 5.69 Å². The third kappa shape index (κ3) is 3.81. The zero-order chi connectivity index (χ0) is 18.5. The minimum atomic E-state index is -0.541. The molecule has 0 fully saturated rings. The predicted octanol–water partition coefficient (Wildman–Crippen LogP) is 3.40. The van der Waals surface area contributed by atoms with Gasteiger partial charge in [0.25, 0.3) is 11.6 Å². The van der Waals surface area contributed by atoms with Crippen molar-refractivity contribution in [3.63, 3.8) is 0 Å². The monoisotopic (exact) mass is 350 g/mol. The molecule has 26 heavy (non-hydrogen) atoms. The quantitative estimate of drug-likeness (QED) is 0.431. The van der Waals surface area contributed by atoms with Crippen LogP contribution in [0.3, 0.4) is 0 Å². The van der Waals surface area contributed by atoms with Gasteiger partial charge < -0.3 is 4.52 Å². The number of carbonyl (C=O) groups is 1. The fourth-order valence-electron chi connectivity index (χ4n) is 2.22. The number of amides is 1. The number of nitro groups is 1. The lowest BCUT2D eigenvalue weighted by Gasteiger charge is -2.01. The molecule has 0 atom stereocenters. The molecule has 0 spiro atoms. The van der Waals surface area contributed by atoms with E-state index in [-0.39, 0.29) is 11.4 Å². The second-order valence-corrected chi connectivity index (χ2v) is 5.39. The van der Waals surface area contributed by atoms with E-state index in [0.717, 1.165) is 5.56 Å². The number of nitrogens with one attached hydrogen (secondary N) is 1. The van der Waals surface area contributed by atoms with Crippen LogP contribution in [0.5, 0.6) is 0 Å². The molecule has 0 saturated carbocycles. The second kappa shape index (κ2) is 7.39. The molecular weight excluding hydrogens is 336 g/mol. The summed E-state index contributed by atoms with van der Waals surface area (Å²) in [6.07, 6.45) is 0. The summed E-state index contributed by atoms with van der Waals surface area (Å²) in [5.41, 5.74) is 4.16. The molecule has 8 nitrogen and oxygen atoms in total. The fraction of sp³-hybridized carbons (Fsp3) is 0.0556. The highest BCUT2D eigenvalue weighted by atomic mass is 16.6. The SMILES string of the molecule is CC(=NNC(=O)c1cc(-c2ccccc2)on1)c1cccc([N+](=O)[O-])c1. The average Bonchev–Trinajstić information content (AvgIpc) is 3.17. The van der Waals surface area contributed by atoms with Crippen LogP contribution < -0.4 is 5.43 Å². The largest absolute Gasteiger partial charge is 0.355 e. The lowest BCUT2D eigenvalue weighted by Crippen LogP contribution is -2.19. The smallest absolute Gasteiger partial charge is 0.293 e. The van der Waals surface area contributed by atoms with Crippen LogP contribution in [0, 0.1) is 10.1 Å². The van der Waals surface area contributed by atoms with Gasteiger partial charge in [-0.1, -0.05) is 47.6 Å². The molecule has 1 heterocycles. The first kappa shape index (κ1) is 17.0. The third-order valence-electron chi connectivity index (χ3n) is 3.60. The summed E-state index contributed by atoms with van der Waals surface area (Å²) in [6.45, 7) is 1.64. The highest BCUT2D eigenvalue weighted by Crippen LogP contribution is 2.19. The fourth-order valence-corrected chi connectivity index (χ4v) is 2.22. The van der Waals surface area contributed by atoms with E-state index in [0.29, 0.717) is 17.0 Å². The van der Waals surface area contributed by atoms with Crippen LogP contribution in [0.1, 0.15) is 23.0 Å². The van der Waals surface area contributed by atoms with Gasteiger partial charge in [-0.15, -0.1) is 0 Å². The van der Waals surface area contributed by atoms with E-state index in [9.17, 15) is 14.9 Å². The number of carbonyl (C=O) groups excluding carboxylic acids is 1. The molecule has 130 valence electrons. The first-order valence-corrected chi connectivity index (χ1v) is 7.66. The average molecular weight is 350 g/mol. The maximum atomic E-state index is 12.2. The van der Waals surface area contributed by atoms with Crippen molar-refractivity contribution < 1.29 is 14.2 Å². The van der Waals surface area contributed by atoms with E-state index in [1.54, 1.807) is 19.1 Å². The molecule has 0 bridgehead atoms. The number of hydrogen-bond acceptors (Lipinski definition) is 6. The first-order chi connectivity index (χ1) is 12.5. The van der Waals surface area contributed by atoms with E-state index in [1.807, 2.05) is 30.3 Å². The summed E-state index contributed by atoms with van der Waals surface area (Å²) in [7, 11) is 0. The van der Waals surface area contributed by atoms with Gasteiger partial charge in [0.05, 0.1) is 10.6 Å². The van der Waals surface area contributed by atoms with E-state index in [2.05, 4.69) is 15.7 Å². The molecule has 1 N–H and O–H groups in total. The van der Waals surface area contributed by atoms with E-state index in [4.69, 9.17) is 4.52 Å². The zero-order valence-electron chi connectivity index (χ0n) is 13.7. The Morgan fingerprint density at radius 1 is 1.15 bits per heavy atom. The number of hydrogen-bond donors (Lipinski definition) is 1. The molecule has 0 aliphatic heterocycles. The Morgan fingerprint density at radius 2 is 1.92 bits per heavy atom. The number of nitrogens with zero attached hydrogens (tertiary/aromatic N) is 3. The van der Waals surface area contributed by atoms with E-state index in [1.165, 1.54) is 18.2 Å². The minimum absolute atomic E-state index is 0.0487. The Balaban J connectivity index is 1.72. The van der Waals surface area contributed by atoms with Gasteiger partial charge in [0.1, 0.15) is 0 Å². The van der Waals surface area contributed by atoms with Crippen molar-refractivity contribution in [3.8, 4) is 11.3 Å². The number of benzene rings is 2. The molecule has 1 amide bonds. The number of aromatic nitrogens is 1. The van der Waals surface area contributed by atoms with Gasteiger partial charge in [-0.25, -0.2) is 5.43 Å². The molecule has 8 heteroatoms. The molecule has 3 aromatic rings. The first-order valence-electron chi connectivity index (χ1n) is 7.66. The van der Waals surface area contributed by atoms with Gasteiger partial charge in [0.15, 0.2) is 11.5 Å². The highest BCUT2D eigenvalue weighted by Gasteiger charge is 2.13. The Bertz CT molecular complexity index is 980. The van der Waals surface area contributed by atoms with Crippen molar-refractivity contribution in [1.82, 2.24) is 10.6 Å². The number of hydrazone groups is 1. The van der Waals surface area contributed by atoms with Crippen LogP contribution in [0.25, 0.3) is 11.3 Å². The van der Waals surface area contributed by atoms with Crippen molar-refractivity contribution in [2.75, 3.05) is 0 Å². The molecule has 0 saturated heterocycles. The Morgan fingerprint density at radius 3 is 2.65 bits per heavy atom. The third-order valence-corrected chi connectivity index (χ3v) is 3.60. The maximum absolute atomic E-state index is 12.2. The molecule has 0 unspecified atom stereocenters. The summed E-state index contributed by atoms with van der Waals surface area (Å²) in [6, 6.07) is 16.8. The predicted molar refractivity (Wildman–Crippen MR) is 94.7 cm³/mol. The number of nitro benzene ring substituents is 1. The van der Waals surface area contributed by atoms with Gasteiger partial charge >= 0.3 is 0 Å². The normalized spacial score (nSPS) is 11.2. The zero-order valence-corrected chi connectivity index (χ0v) is 13.7. The van der Waals surface area contributed by atoms with Crippen molar-refractivity contribution in [2.24, 2.45) is 5.10 Å². The van der Waals surface area contributed by atoms with E-state index < -0.39 is 10.8 Å². The van der Waals surface area contributed by atoms with Gasteiger partial charge in [-0.2, -0.15) is 5.10 Å². The number of rotatable bonds is 5. The lowest BCUT2D eigenvalue weighted by atomic mass is 10.1. The standard InChI is InChI=1S/C18H14N4O4/c1-12(14-8-5-9-15(10-14)22(24)25)19-20-18(23)16-11-17(26-21-16)13-6-3-2-4-7-13/h2-11H,1H3,(H,20,23). The summed E-state index contributed by atoms with van der Waals surface area (Å²) in [5, 5.41) is 18.5. The maximum Gasteiger partial charge on any atom is 0.293 e. The summed E-state index contributed by atoms with van der Waals surface area (Å²) >= 11 is 0. The Hall–Kier alpha value is -3.81. The van der Waals surface area contributed by atoms with Gasteiger partial charge in [0, 0.05) is 29.3 Å². The van der Waals surface area contributed by atoms with E-state index >= 15 is 0 Å². The summed E-state index contributed by atoms with van der Waals surface area (Å²) in [4.78, 5) is 22.5. The Kier molecular flexibility index (Phi) is 4.84.